The molecular weight excluding hydrogens is 402 g/mol. The summed E-state index contributed by atoms with van der Waals surface area (Å²) in [4.78, 5) is 24.6. The van der Waals surface area contributed by atoms with Crippen LogP contribution < -0.4 is 10.6 Å². The molecule has 1 fully saturated rings. The number of hydrogen-bond donors (Lipinski definition) is 1. The van der Waals surface area contributed by atoms with Crippen LogP contribution in [0.1, 0.15) is 39.2 Å². The van der Waals surface area contributed by atoms with Crippen molar-refractivity contribution in [3.05, 3.63) is 55.4 Å². The lowest BCUT2D eigenvalue weighted by Crippen LogP contribution is -2.48. The number of nitrogen functional groups attached to an aromatic ring is 1. The Hall–Kier alpha value is -3.42. The maximum atomic E-state index is 11.9. The van der Waals surface area contributed by atoms with E-state index in [0.29, 0.717) is 32.0 Å². The van der Waals surface area contributed by atoms with Gasteiger partial charge in [0.1, 0.15) is 17.5 Å². The highest BCUT2D eigenvalue weighted by atomic mass is 16.2. The van der Waals surface area contributed by atoms with Gasteiger partial charge in [0.2, 0.25) is 5.91 Å². The van der Waals surface area contributed by atoms with Crippen LogP contribution in [0.5, 0.6) is 0 Å². The lowest BCUT2D eigenvalue weighted by molar-refractivity contribution is -0.126. The van der Waals surface area contributed by atoms with Gasteiger partial charge in [-0.2, -0.15) is 5.10 Å². The summed E-state index contributed by atoms with van der Waals surface area (Å²) >= 11 is 0. The quantitative estimate of drug-likeness (QED) is 0.721. The molecule has 1 atom stereocenters. The molecule has 2 aromatic heterocycles. The molecule has 0 radical (unpaired) electrons. The van der Waals surface area contributed by atoms with E-state index in [4.69, 9.17) is 10.8 Å². The van der Waals surface area contributed by atoms with Crippen LogP contribution in [0.4, 0.5) is 11.6 Å². The van der Waals surface area contributed by atoms with Crippen LogP contribution in [0.3, 0.4) is 0 Å². The summed E-state index contributed by atoms with van der Waals surface area (Å²) in [6.45, 7) is 18.0. The second-order valence-corrected chi connectivity index (χ2v) is 7.60. The lowest BCUT2D eigenvalue weighted by atomic mass is 9.88. The molecule has 0 bridgehead atoms. The number of hydrogen-bond acceptors (Lipinski definition) is 6. The second-order valence-electron chi connectivity index (χ2n) is 7.60. The number of amides is 1. The molecule has 4 rings (SSSR count). The fraction of sp³-hybridized carbons (Fsp3) is 0.417. The highest BCUT2D eigenvalue weighted by molar-refractivity contribution is 5.96. The first-order valence-corrected chi connectivity index (χ1v) is 11.2. The van der Waals surface area contributed by atoms with Crippen LogP contribution in [-0.4, -0.2) is 56.7 Å². The van der Waals surface area contributed by atoms with E-state index in [1.54, 1.807) is 4.90 Å². The molecule has 3 heterocycles. The van der Waals surface area contributed by atoms with Crippen LogP contribution in [0, 0.1) is 0 Å². The van der Waals surface area contributed by atoms with Gasteiger partial charge in [-0.15, -0.1) is 0 Å². The lowest BCUT2D eigenvalue weighted by Gasteiger charge is -2.34. The Bertz CT molecular complexity index is 1040. The van der Waals surface area contributed by atoms with Crippen molar-refractivity contribution >= 4 is 28.6 Å². The molecule has 32 heavy (non-hydrogen) atoms. The number of anilines is 2. The van der Waals surface area contributed by atoms with Crippen molar-refractivity contribution in [1.29, 1.82) is 0 Å². The standard InChI is InChI=1S/C22H27N7O.C2H6/c1-4-15-7-8-17(13-16(15)5-2)29-21-19(20(23)24-14-25-21)22(26-29)28-11-9-27(10-12-28)18(30)6-3;1-2/h4-6,14,17H,1-3,7-13H2,(H2,23,24,25);1-2H3. The average Bonchev–Trinajstić information content (AvgIpc) is 3.25. The van der Waals surface area contributed by atoms with E-state index in [0.717, 1.165) is 36.1 Å². The predicted octanol–water partition coefficient (Wildman–Crippen LogP) is 3.66. The van der Waals surface area contributed by atoms with Gasteiger partial charge in [0.05, 0.1) is 6.04 Å². The van der Waals surface area contributed by atoms with Gasteiger partial charge in [0, 0.05) is 26.2 Å². The fourth-order valence-corrected chi connectivity index (χ4v) is 4.35. The van der Waals surface area contributed by atoms with Crippen LogP contribution >= 0.6 is 0 Å². The Morgan fingerprint density at radius 3 is 2.41 bits per heavy atom. The number of allylic oxidation sites excluding steroid dienone is 4. The zero-order valence-electron chi connectivity index (χ0n) is 19.1. The SMILES string of the molecule is C=CC(=O)N1CCN(c2nn(C3CCC(C=C)=C(C=C)C3)c3ncnc(N)c23)CC1.CC. The summed E-state index contributed by atoms with van der Waals surface area (Å²) < 4.78 is 1.99. The number of carbonyl (C=O) groups excluding carboxylic acids is 1. The van der Waals surface area contributed by atoms with E-state index in [9.17, 15) is 4.79 Å². The first-order chi connectivity index (χ1) is 15.6. The van der Waals surface area contributed by atoms with Crippen molar-refractivity contribution in [1.82, 2.24) is 24.6 Å². The highest BCUT2D eigenvalue weighted by Gasteiger charge is 2.29. The summed E-state index contributed by atoms with van der Waals surface area (Å²) in [7, 11) is 0. The third kappa shape index (κ3) is 4.30. The Morgan fingerprint density at radius 2 is 1.78 bits per heavy atom. The van der Waals surface area contributed by atoms with E-state index in [2.05, 4.69) is 34.6 Å². The summed E-state index contributed by atoms with van der Waals surface area (Å²) in [5.41, 5.74) is 9.45. The van der Waals surface area contributed by atoms with E-state index in [1.807, 2.05) is 30.7 Å². The largest absolute Gasteiger partial charge is 0.383 e. The molecule has 1 unspecified atom stereocenters. The van der Waals surface area contributed by atoms with Gasteiger partial charge in [-0.1, -0.05) is 45.7 Å². The normalized spacial score (nSPS) is 18.8. The van der Waals surface area contributed by atoms with Crippen molar-refractivity contribution in [2.45, 2.75) is 39.2 Å². The Labute approximate surface area is 189 Å². The van der Waals surface area contributed by atoms with Gasteiger partial charge in [-0.3, -0.25) is 4.79 Å². The number of fused-ring (bicyclic) bond motifs is 1. The van der Waals surface area contributed by atoms with Crippen LogP contribution in [0.15, 0.2) is 55.4 Å². The number of aromatic nitrogens is 4. The van der Waals surface area contributed by atoms with Gasteiger partial charge in [0.15, 0.2) is 11.5 Å². The molecule has 8 heteroatoms. The maximum absolute atomic E-state index is 11.9. The molecule has 2 N–H and O–H groups in total. The van der Waals surface area contributed by atoms with Gasteiger partial charge in [-0.05, 0) is 36.5 Å². The van der Waals surface area contributed by atoms with Crippen LogP contribution in [0.2, 0.25) is 0 Å². The Morgan fingerprint density at radius 1 is 1.09 bits per heavy atom. The third-order valence-corrected chi connectivity index (χ3v) is 6.02. The molecule has 8 nitrogen and oxygen atoms in total. The van der Waals surface area contributed by atoms with Gasteiger partial charge in [0.25, 0.3) is 0 Å². The number of nitrogens with zero attached hydrogens (tertiary/aromatic N) is 6. The molecule has 0 aromatic carbocycles. The van der Waals surface area contributed by atoms with Crippen LogP contribution in [-0.2, 0) is 4.79 Å². The molecule has 2 aromatic rings. The van der Waals surface area contributed by atoms with Crippen molar-refractivity contribution in [2.24, 2.45) is 0 Å². The van der Waals surface area contributed by atoms with Gasteiger partial charge >= 0.3 is 0 Å². The molecule has 1 aliphatic carbocycles. The van der Waals surface area contributed by atoms with Gasteiger partial charge < -0.3 is 15.5 Å². The summed E-state index contributed by atoms with van der Waals surface area (Å²) in [6.07, 6.45) is 9.38. The van der Waals surface area contributed by atoms with Crippen molar-refractivity contribution in [3.63, 3.8) is 0 Å². The Balaban J connectivity index is 0.00000141. The molecule has 1 saturated heterocycles. The average molecular weight is 436 g/mol. The highest BCUT2D eigenvalue weighted by Crippen LogP contribution is 2.38. The third-order valence-electron chi connectivity index (χ3n) is 6.02. The minimum Gasteiger partial charge on any atom is -0.383 e. The first kappa shape index (κ1) is 23.2. The fourth-order valence-electron chi connectivity index (χ4n) is 4.35. The molecule has 0 spiro atoms. The number of rotatable bonds is 5. The van der Waals surface area contributed by atoms with Crippen molar-refractivity contribution in [3.8, 4) is 0 Å². The van der Waals surface area contributed by atoms with E-state index in [1.165, 1.54) is 23.5 Å². The van der Waals surface area contributed by atoms with Crippen LogP contribution in [0.25, 0.3) is 11.0 Å². The number of piperazine rings is 1. The molecular formula is C24H33N7O. The van der Waals surface area contributed by atoms with Crippen molar-refractivity contribution < 1.29 is 4.79 Å². The molecule has 2 aliphatic rings. The number of nitrogens with two attached hydrogens (primary N) is 1. The molecule has 0 saturated carbocycles. The number of carbonyl (C=O) groups is 1. The smallest absolute Gasteiger partial charge is 0.246 e. The zero-order valence-corrected chi connectivity index (χ0v) is 19.1. The summed E-state index contributed by atoms with van der Waals surface area (Å²) in [6, 6.07) is 0.163. The van der Waals surface area contributed by atoms with E-state index < -0.39 is 0 Å². The Kier molecular flexibility index (Phi) is 7.45. The van der Waals surface area contributed by atoms with Crippen molar-refractivity contribution in [2.75, 3.05) is 36.8 Å². The molecule has 170 valence electrons. The molecule has 1 aliphatic heterocycles. The minimum absolute atomic E-state index is 0.0446. The van der Waals surface area contributed by atoms with E-state index in [-0.39, 0.29) is 11.9 Å². The monoisotopic (exact) mass is 435 g/mol. The van der Waals surface area contributed by atoms with Gasteiger partial charge in [-0.25, -0.2) is 14.6 Å². The summed E-state index contributed by atoms with van der Waals surface area (Å²) in [5.74, 6) is 1.16. The maximum Gasteiger partial charge on any atom is 0.246 e. The topological polar surface area (TPSA) is 93.2 Å². The minimum atomic E-state index is -0.0446. The summed E-state index contributed by atoms with van der Waals surface area (Å²) in [5, 5.41) is 5.74. The van der Waals surface area contributed by atoms with E-state index >= 15 is 0 Å². The predicted molar refractivity (Wildman–Crippen MR) is 130 cm³/mol. The zero-order chi connectivity index (χ0) is 23.3. The first-order valence-electron chi connectivity index (χ1n) is 11.2. The second kappa shape index (κ2) is 10.3. The molecule has 1 amide bonds.